The lowest BCUT2D eigenvalue weighted by Crippen LogP contribution is -2.40. The summed E-state index contributed by atoms with van der Waals surface area (Å²) < 4.78 is 14.5. The van der Waals surface area contributed by atoms with Gasteiger partial charge in [0, 0.05) is 10.6 Å². The highest BCUT2D eigenvalue weighted by Crippen LogP contribution is 2.36. The first-order chi connectivity index (χ1) is 22.7. The summed E-state index contributed by atoms with van der Waals surface area (Å²) in [7, 11) is 0. The highest BCUT2D eigenvalue weighted by molar-refractivity contribution is 9.10. The van der Waals surface area contributed by atoms with Gasteiger partial charge in [0.2, 0.25) is 0 Å². The molecule has 1 aromatic heterocycles. The highest BCUT2D eigenvalue weighted by atomic mass is 79.9. The number of thiazole rings is 1. The maximum atomic E-state index is 14.2. The van der Waals surface area contributed by atoms with E-state index in [-0.39, 0.29) is 12.2 Å². The largest absolute Gasteiger partial charge is 0.488 e. The van der Waals surface area contributed by atoms with Crippen LogP contribution in [0.5, 0.6) is 5.75 Å². The van der Waals surface area contributed by atoms with Crippen molar-refractivity contribution in [3.8, 4) is 5.75 Å². The van der Waals surface area contributed by atoms with Gasteiger partial charge in [-0.05, 0) is 81.4 Å². The minimum atomic E-state index is -0.724. The molecule has 0 spiro atoms. The van der Waals surface area contributed by atoms with Crippen molar-refractivity contribution < 1.29 is 14.3 Å². The standard InChI is InChI=1S/C38H32BrClN2O4S/c1-4-45-37(44)33-34(27-10-6-5-7-11-27)41-38-42(35(33)28-16-14-26(15-17-28)23(2)3)36(43)32(47-38)21-24-13-18-31(30(39)20-24)46-22-25-9-8-12-29(40)19-25/h5-21,23,35H,4,22H2,1-3H3/b32-21-/t35-/m0/s1. The number of aromatic nitrogens is 1. The van der Waals surface area contributed by atoms with Crippen molar-refractivity contribution >= 4 is 56.6 Å². The molecule has 6 rings (SSSR count). The molecule has 9 heteroatoms. The Morgan fingerprint density at radius 2 is 1.79 bits per heavy atom. The zero-order valence-corrected chi connectivity index (χ0v) is 29.2. The van der Waals surface area contributed by atoms with Crippen LogP contribution in [0.25, 0.3) is 11.8 Å². The molecule has 0 saturated carbocycles. The molecule has 4 aromatic carbocycles. The van der Waals surface area contributed by atoms with Crippen molar-refractivity contribution in [1.29, 1.82) is 0 Å². The number of benzene rings is 4. The smallest absolute Gasteiger partial charge is 0.338 e. The monoisotopic (exact) mass is 726 g/mol. The van der Waals surface area contributed by atoms with Gasteiger partial charge in [0.1, 0.15) is 12.4 Å². The Morgan fingerprint density at radius 1 is 1.02 bits per heavy atom. The fourth-order valence-corrected chi connectivity index (χ4v) is 7.21. The van der Waals surface area contributed by atoms with E-state index in [1.807, 2.05) is 103 Å². The summed E-state index contributed by atoms with van der Waals surface area (Å²) in [4.78, 5) is 33.4. The first kappa shape index (κ1) is 32.7. The molecule has 1 aliphatic rings. The second-order valence-corrected chi connectivity index (χ2v) is 13.7. The minimum Gasteiger partial charge on any atom is -0.488 e. The van der Waals surface area contributed by atoms with Crippen LogP contribution in [0.4, 0.5) is 0 Å². The molecule has 0 unspecified atom stereocenters. The van der Waals surface area contributed by atoms with Crippen molar-refractivity contribution in [2.45, 2.75) is 39.3 Å². The Labute approximate surface area is 290 Å². The third-order valence-electron chi connectivity index (χ3n) is 7.83. The Kier molecular flexibility index (Phi) is 9.92. The molecule has 0 aliphatic carbocycles. The predicted molar refractivity (Wildman–Crippen MR) is 192 cm³/mol. The molecule has 5 aromatic rings. The molecule has 0 fully saturated rings. The summed E-state index contributed by atoms with van der Waals surface area (Å²) in [5.41, 5.74) is 5.10. The molecule has 1 aliphatic heterocycles. The van der Waals surface area contributed by atoms with E-state index in [4.69, 9.17) is 26.1 Å². The number of carbonyl (C=O) groups excluding carboxylic acids is 1. The third-order valence-corrected chi connectivity index (χ3v) is 9.67. The van der Waals surface area contributed by atoms with Crippen LogP contribution in [0.2, 0.25) is 5.02 Å². The number of rotatable bonds is 9. The lowest BCUT2D eigenvalue weighted by Gasteiger charge is -2.26. The average Bonchev–Trinajstić information content (AvgIpc) is 3.38. The molecule has 47 heavy (non-hydrogen) atoms. The van der Waals surface area contributed by atoms with Crippen LogP contribution in [0, 0.1) is 0 Å². The van der Waals surface area contributed by atoms with Crippen molar-refractivity contribution in [2.24, 2.45) is 4.99 Å². The van der Waals surface area contributed by atoms with E-state index >= 15 is 0 Å². The zero-order chi connectivity index (χ0) is 33.1. The molecule has 2 heterocycles. The first-order valence-electron chi connectivity index (χ1n) is 15.3. The third kappa shape index (κ3) is 7.05. The van der Waals surface area contributed by atoms with E-state index < -0.39 is 12.0 Å². The second-order valence-electron chi connectivity index (χ2n) is 11.4. The van der Waals surface area contributed by atoms with Gasteiger partial charge < -0.3 is 9.47 Å². The highest BCUT2D eigenvalue weighted by Gasteiger charge is 2.35. The predicted octanol–water partition coefficient (Wildman–Crippen LogP) is 8.05. The number of nitrogens with zero attached hydrogens (tertiary/aromatic N) is 2. The number of ether oxygens (including phenoxy) is 2. The van der Waals surface area contributed by atoms with Crippen LogP contribution in [0.1, 0.15) is 60.5 Å². The topological polar surface area (TPSA) is 69.9 Å². The molecule has 238 valence electrons. The van der Waals surface area contributed by atoms with E-state index in [1.165, 1.54) is 11.3 Å². The zero-order valence-electron chi connectivity index (χ0n) is 26.1. The normalized spacial score (nSPS) is 14.6. The maximum absolute atomic E-state index is 14.2. The summed E-state index contributed by atoms with van der Waals surface area (Å²) in [6.45, 7) is 6.59. The van der Waals surface area contributed by atoms with Crippen molar-refractivity contribution in [3.63, 3.8) is 0 Å². The number of carbonyl (C=O) groups is 1. The van der Waals surface area contributed by atoms with E-state index in [2.05, 4.69) is 29.8 Å². The molecule has 0 bridgehead atoms. The summed E-state index contributed by atoms with van der Waals surface area (Å²) in [6, 6.07) is 30.1. The van der Waals surface area contributed by atoms with Crippen molar-refractivity contribution in [2.75, 3.05) is 6.61 Å². The van der Waals surface area contributed by atoms with Gasteiger partial charge >= 0.3 is 5.97 Å². The van der Waals surface area contributed by atoms with E-state index in [0.717, 1.165) is 32.3 Å². The summed E-state index contributed by atoms with van der Waals surface area (Å²) in [5.74, 6) is 0.499. The molecule has 0 N–H and O–H groups in total. The fourth-order valence-electron chi connectivity index (χ4n) is 5.48. The van der Waals surface area contributed by atoms with Crippen molar-refractivity contribution in [3.05, 3.63) is 160 Å². The van der Waals surface area contributed by atoms with Gasteiger partial charge in [-0.1, -0.05) is 110 Å². The van der Waals surface area contributed by atoms with Crippen LogP contribution in [-0.4, -0.2) is 17.1 Å². The summed E-state index contributed by atoms with van der Waals surface area (Å²) in [6.07, 6.45) is 1.84. The Hall–Kier alpha value is -4.24. The SMILES string of the molecule is CCOC(=O)C1=C(c2ccccc2)N=c2s/c(=C\c3ccc(OCc4cccc(Cl)c4)c(Br)c3)c(=O)n2[C@H]1c1ccc(C(C)C)cc1. The molecule has 1 atom stereocenters. The average molecular weight is 728 g/mol. The van der Waals surface area contributed by atoms with Gasteiger partial charge in [0.25, 0.3) is 5.56 Å². The number of hydrogen-bond acceptors (Lipinski definition) is 6. The Bertz CT molecular complexity index is 2150. The van der Waals surface area contributed by atoms with Crippen LogP contribution >= 0.6 is 38.9 Å². The van der Waals surface area contributed by atoms with Gasteiger partial charge in [0.05, 0.1) is 32.9 Å². The van der Waals surface area contributed by atoms with E-state index in [9.17, 15) is 9.59 Å². The first-order valence-corrected chi connectivity index (χ1v) is 17.3. The van der Waals surface area contributed by atoms with Crippen LogP contribution < -0.4 is 19.6 Å². The van der Waals surface area contributed by atoms with Gasteiger partial charge in [-0.15, -0.1) is 0 Å². The molecular formula is C38H32BrClN2O4S. The van der Waals surface area contributed by atoms with Gasteiger partial charge in [-0.25, -0.2) is 9.79 Å². The minimum absolute atomic E-state index is 0.196. The summed E-state index contributed by atoms with van der Waals surface area (Å²) >= 11 is 11.0. The number of hydrogen-bond donors (Lipinski definition) is 0. The fraction of sp³-hybridized carbons (Fsp3) is 0.184. The number of halogens is 2. The Balaban J connectivity index is 1.46. The second kappa shape index (κ2) is 14.3. The Morgan fingerprint density at radius 3 is 2.47 bits per heavy atom. The van der Waals surface area contributed by atoms with Gasteiger partial charge in [-0.3, -0.25) is 9.36 Å². The molecule has 0 saturated heterocycles. The number of esters is 1. The van der Waals surface area contributed by atoms with Gasteiger partial charge in [0.15, 0.2) is 4.80 Å². The molecule has 6 nitrogen and oxygen atoms in total. The lowest BCUT2D eigenvalue weighted by molar-refractivity contribution is -0.138. The van der Waals surface area contributed by atoms with Crippen LogP contribution in [0.3, 0.4) is 0 Å². The van der Waals surface area contributed by atoms with Crippen LogP contribution in [-0.2, 0) is 16.1 Å². The summed E-state index contributed by atoms with van der Waals surface area (Å²) in [5, 5.41) is 0.655. The van der Waals surface area contributed by atoms with Crippen molar-refractivity contribution in [1.82, 2.24) is 4.57 Å². The number of fused-ring (bicyclic) bond motifs is 1. The lowest BCUT2D eigenvalue weighted by atomic mass is 9.91. The molecule has 0 amide bonds. The van der Waals surface area contributed by atoms with Crippen LogP contribution in [0.15, 0.2) is 117 Å². The quantitative estimate of drug-likeness (QED) is 0.144. The molecular weight excluding hydrogens is 696 g/mol. The van der Waals surface area contributed by atoms with E-state index in [0.29, 0.717) is 43.9 Å². The molecule has 0 radical (unpaired) electrons. The maximum Gasteiger partial charge on any atom is 0.338 e. The van der Waals surface area contributed by atoms with Gasteiger partial charge in [-0.2, -0.15) is 0 Å². The van der Waals surface area contributed by atoms with E-state index in [1.54, 1.807) is 11.5 Å².